The molecule has 2 aliphatic carbocycles. The molecule has 0 spiro atoms. The first kappa shape index (κ1) is 7.07. The average Bonchev–Trinajstić information content (AvgIpc) is 2.34. The average molecular weight is 169 g/mol. The highest BCUT2D eigenvalue weighted by molar-refractivity contribution is 5.89. The van der Waals surface area contributed by atoms with Crippen LogP contribution in [0, 0.1) is 16.7 Å². The number of rotatable bonds is 1. The van der Waals surface area contributed by atoms with Crippen LogP contribution in [0.15, 0.2) is 0 Å². The van der Waals surface area contributed by atoms with Crippen LogP contribution < -0.4 is 0 Å². The van der Waals surface area contributed by atoms with Gasteiger partial charge in [0.2, 0.25) is 1.43 Å². The smallest absolute Gasteiger partial charge is 0.210 e. The second-order valence-corrected chi connectivity index (χ2v) is 5.03. The summed E-state index contributed by atoms with van der Waals surface area (Å²) in [7, 11) is 0. The summed E-state index contributed by atoms with van der Waals surface area (Å²) < 4.78 is 6.97. The molecule has 0 aromatic rings. The highest BCUT2D eigenvalue weighted by Gasteiger charge is 2.65. The van der Waals surface area contributed by atoms with Crippen molar-refractivity contribution in [2.45, 2.75) is 39.7 Å². The Balaban J connectivity index is 2.40. The molecule has 12 heavy (non-hydrogen) atoms. The van der Waals surface area contributed by atoms with Gasteiger partial charge < -0.3 is 5.11 Å². The Bertz CT molecular complexity index is 262. The molecule has 0 amide bonds. The molecular formula is C10H16O2. The molecule has 0 saturated heterocycles. The van der Waals surface area contributed by atoms with Crippen LogP contribution in [-0.2, 0) is 4.79 Å². The number of carbonyl (C=O) groups is 1. The van der Waals surface area contributed by atoms with E-state index < -0.39 is 0 Å². The van der Waals surface area contributed by atoms with Crippen molar-refractivity contribution in [1.82, 2.24) is 0 Å². The molecule has 2 nitrogen and oxygen atoms in total. The van der Waals surface area contributed by atoms with E-state index in [0.29, 0.717) is 12.2 Å². The van der Waals surface area contributed by atoms with Crippen LogP contribution in [0.5, 0.6) is 0 Å². The van der Waals surface area contributed by atoms with Crippen molar-refractivity contribution in [3.8, 4) is 0 Å². The highest BCUT2D eigenvalue weighted by atomic mass is 16.3. The molecular weight excluding hydrogens is 152 g/mol. The maximum absolute atomic E-state index is 11.7. The van der Waals surface area contributed by atoms with Gasteiger partial charge in [-0.3, -0.25) is 4.79 Å². The van der Waals surface area contributed by atoms with Crippen molar-refractivity contribution in [3.05, 3.63) is 0 Å². The van der Waals surface area contributed by atoms with Gasteiger partial charge in [-0.2, -0.15) is 0 Å². The molecule has 0 aromatic carbocycles. The summed E-state index contributed by atoms with van der Waals surface area (Å²) in [5, 5.41) is 4.69. The van der Waals surface area contributed by atoms with Crippen molar-refractivity contribution in [1.29, 1.82) is 1.43 Å². The molecule has 68 valence electrons. The molecule has 3 unspecified atom stereocenters. The molecule has 2 rings (SSSR count). The molecule has 0 heterocycles. The van der Waals surface area contributed by atoms with Crippen LogP contribution in [0.4, 0.5) is 0 Å². The fourth-order valence-corrected chi connectivity index (χ4v) is 2.97. The first-order chi connectivity index (χ1) is 5.93. The van der Waals surface area contributed by atoms with Crippen molar-refractivity contribution >= 4 is 5.78 Å². The minimum Gasteiger partial charge on any atom is -0.393 e. The van der Waals surface area contributed by atoms with Crippen LogP contribution >= 0.6 is 0 Å². The third-order valence-electron chi connectivity index (χ3n) is 4.43. The molecule has 0 radical (unpaired) electrons. The molecule has 2 bridgehead atoms. The van der Waals surface area contributed by atoms with E-state index in [1.165, 1.54) is 0 Å². The molecule has 0 aromatic heterocycles. The largest absolute Gasteiger partial charge is 0.393 e. The third-order valence-corrected chi connectivity index (χ3v) is 4.43. The standard InChI is InChI=1S/C10H16O2/c1-9(2)6-4-8(12)10(9,3)5-7(6)11/h6-7,11H,4-5H2,1-3H3/i11D. The zero-order chi connectivity index (χ0) is 9.85. The van der Waals surface area contributed by atoms with Gasteiger partial charge in [0.25, 0.3) is 0 Å². The number of hydrogen-bond acceptors (Lipinski definition) is 2. The highest BCUT2D eigenvalue weighted by Crippen LogP contribution is 2.63. The van der Waals surface area contributed by atoms with Crippen molar-refractivity contribution in [2.75, 3.05) is 0 Å². The number of fused-ring (bicyclic) bond motifs is 2. The van der Waals surface area contributed by atoms with Gasteiger partial charge in [-0.05, 0) is 17.8 Å². The fourth-order valence-electron chi connectivity index (χ4n) is 2.97. The summed E-state index contributed by atoms with van der Waals surface area (Å²) in [6.45, 7) is 6.28. The Morgan fingerprint density at radius 1 is 1.58 bits per heavy atom. The monoisotopic (exact) mass is 169 g/mol. The molecule has 2 fully saturated rings. The van der Waals surface area contributed by atoms with Gasteiger partial charge in [-0.25, -0.2) is 0 Å². The molecule has 3 atom stereocenters. The second-order valence-electron chi connectivity index (χ2n) is 5.03. The van der Waals surface area contributed by atoms with E-state index >= 15 is 0 Å². The van der Waals surface area contributed by atoms with Gasteiger partial charge in [0, 0.05) is 11.8 Å². The zero-order valence-electron chi connectivity index (χ0n) is 8.89. The molecule has 2 heteroatoms. The third kappa shape index (κ3) is 0.634. The lowest BCUT2D eigenvalue weighted by molar-refractivity contribution is -0.129. The van der Waals surface area contributed by atoms with E-state index in [-0.39, 0.29) is 22.9 Å². The molecule has 1 N–H and O–H groups in total. The lowest BCUT2D eigenvalue weighted by atomic mass is 9.70. The summed E-state index contributed by atoms with van der Waals surface area (Å²) in [5.41, 5.74) is -0.237. The van der Waals surface area contributed by atoms with Crippen molar-refractivity contribution < 1.29 is 9.90 Å². The predicted molar refractivity (Wildman–Crippen MR) is 45.6 cm³/mol. The Kier molecular flexibility index (Phi) is 1.13. The second kappa shape index (κ2) is 1.92. The SMILES string of the molecule is [2H]OC1CC2(C)C(=O)CC1C2(C)C. The van der Waals surface area contributed by atoms with Gasteiger partial charge in [-0.1, -0.05) is 20.8 Å². The maximum Gasteiger partial charge on any atom is 0.210 e. The molecule has 2 saturated carbocycles. The van der Waals surface area contributed by atoms with E-state index in [9.17, 15) is 4.79 Å². The number of ketones is 1. The topological polar surface area (TPSA) is 37.3 Å². The Morgan fingerprint density at radius 3 is 2.58 bits per heavy atom. The van der Waals surface area contributed by atoms with Crippen LogP contribution in [0.25, 0.3) is 0 Å². The fraction of sp³-hybridized carbons (Fsp3) is 0.900. The van der Waals surface area contributed by atoms with Gasteiger partial charge in [0.05, 0.1) is 6.10 Å². The lowest BCUT2D eigenvalue weighted by Crippen LogP contribution is -2.32. The van der Waals surface area contributed by atoms with E-state index in [1.807, 2.05) is 6.92 Å². The van der Waals surface area contributed by atoms with Crippen LogP contribution in [-0.4, -0.2) is 18.4 Å². The first-order valence-electron chi connectivity index (χ1n) is 4.99. The minimum absolute atomic E-state index is 0.00972. The van der Waals surface area contributed by atoms with Crippen molar-refractivity contribution in [2.24, 2.45) is 16.7 Å². The minimum atomic E-state index is -0.247. The van der Waals surface area contributed by atoms with Gasteiger partial charge >= 0.3 is 0 Å². The van der Waals surface area contributed by atoms with E-state index in [2.05, 4.69) is 13.8 Å². The van der Waals surface area contributed by atoms with Gasteiger partial charge in [0.1, 0.15) is 5.78 Å². The van der Waals surface area contributed by atoms with Gasteiger partial charge in [0.15, 0.2) is 0 Å². The molecule has 2 aliphatic rings. The summed E-state index contributed by atoms with van der Waals surface area (Å²) in [6.07, 6.45) is 1.30. The summed E-state index contributed by atoms with van der Waals surface area (Å²) >= 11 is 0. The lowest BCUT2D eigenvalue weighted by Gasteiger charge is -2.31. The number of hydrogen-bond donors (Lipinski definition) is 1. The van der Waals surface area contributed by atoms with E-state index in [1.54, 1.807) is 0 Å². The van der Waals surface area contributed by atoms with Crippen LogP contribution in [0.3, 0.4) is 0 Å². The van der Waals surface area contributed by atoms with Crippen LogP contribution in [0.2, 0.25) is 0 Å². The van der Waals surface area contributed by atoms with Crippen molar-refractivity contribution in [3.63, 3.8) is 0 Å². The van der Waals surface area contributed by atoms with E-state index in [0.717, 1.165) is 6.42 Å². The number of carbonyl (C=O) groups excluding carboxylic acids is 1. The Hall–Kier alpha value is -0.370. The summed E-state index contributed by atoms with van der Waals surface area (Å²) in [5.74, 6) is 0.610. The Morgan fingerprint density at radius 2 is 2.25 bits per heavy atom. The Labute approximate surface area is 74.5 Å². The number of aliphatic hydroxyl groups excluding tert-OH is 1. The summed E-state index contributed by atoms with van der Waals surface area (Å²) in [4.78, 5) is 11.7. The predicted octanol–water partition coefficient (Wildman–Crippen LogP) is 1.37. The van der Waals surface area contributed by atoms with Gasteiger partial charge in [-0.15, -0.1) is 0 Å². The maximum atomic E-state index is 11.7. The quantitative estimate of drug-likeness (QED) is 0.643. The number of aliphatic hydroxyl groups is 1. The van der Waals surface area contributed by atoms with Crippen LogP contribution in [0.1, 0.15) is 33.6 Å². The van der Waals surface area contributed by atoms with E-state index in [4.69, 9.17) is 6.54 Å². The number of Topliss-reactive ketones (excluding diaryl/α,β-unsaturated/α-hetero) is 1. The zero-order valence-corrected chi connectivity index (χ0v) is 7.89. The molecule has 0 aliphatic heterocycles. The normalized spacial score (nSPS) is 51.2. The summed E-state index contributed by atoms with van der Waals surface area (Å²) in [6, 6.07) is 0. The first-order valence-corrected chi connectivity index (χ1v) is 4.59.